The molecule has 0 atom stereocenters. The zero-order valence-corrected chi connectivity index (χ0v) is 8.40. The van der Waals surface area contributed by atoms with Crippen molar-refractivity contribution in [1.29, 1.82) is 0 Å². The van der Waals surface area contributed by atoms with Gasteiger partial charge in [0.05, 0.1) is 6.33 Å². The van der Waals surface area contributed by atoms with E-state index in [1.165, 1.54) is 0 Å². The molecule has 0 unspecified atom stereocenters. The lowest BCUT2D eigenvalue weighted by atomic mass is 10.4. The first-order valence-electron chi connectivity index (χ1n) is 4.75. The Hall–Kier alpha value is -1.03. The molecule has 0 aromatic carbocycles. The van der Waals surface area contributed by atoms with Gasteiger partial charge in [0.15, 0.2) is 0 Å². The molecule has 0 amide bonds. The largest absolute Gasteiger partial charge is 0.382 e. The van der Waals surface area contributed by atoms with Crippen molar-refractivity contribution in [1.82, 2.24) is 14.5 Å². The Kier molecular flexibility index (Phi) is 3.76. The van der Waals surface area contributed by atoms with Crippen molar-refractivity contribution in [3.63, 3.8) is 0 Å². The molecule has 0 aliphatic rings. The number of aromatic nitrogens is 2. The molecule has 1 aromatic heterocycles. The quantitative estimate of drug-likeness (QED) is 0.733. The molecule has 74 valence electrons. The van der Waals surface area contributed by atoms with Gasteiger partial charge in [-0.25, -0.2) is 4.98 Å². The third-order valence-electron chi connectivity index (χ3n) is 2.22. The van der Waals surface area contributed by atoms with E-state index in [0.29, 0.717) is 5.82 Å². The molecule has 1 aromatic rings. The third kappa shape index (κ3) is 3.06. The predicted octanol–water partition coefficient (Wildman–Crippen LogP) is 0.807. The van der Waals surface area contributed by atoms with E-state index < -0.39 is 0 Å². The Morgan fingerprint density at radius 2 is 2.15 bits per heavy atom. The standard InChI is InChI=1S/C9H18N4/c1-3-12(4-2)5-6-13-7-9(10)11-8-13/h7-8H,3-6,10H2,1-2H3. The van der Waals surface area contributed by atoms with Crippen molar-refractivity contribution in [2.24, 2.45) is 0 Å². The van der Waals surface area contributed by atoms with E-state index in [1.54, 1.807) is 6.33 Å². The smallest absolute Gasteiger partial charge is 0.141 e. The van der Waals surface area contributed by atoms with Crippen molar-refractivity contribution in [2.45, 2.75) is 20.4 Å². The maximum absolute atomic E-state index is 5.50. The molecule has 0 aliphatic carbocycles. The number of rotatable bonds is 5. The van der Waals surface area contributed by atoms with Gasteiger partial charge in [0, 0.05) is 19.3 Å². The number of anilines is 1. The fraction of sp³-hybridized carbons (Fsp3) is 0.667. The topological polar surface area (TPSA) is 47.1 Å². The summed E-state index contributed by atoms with van der Waals surface area (Å²) in [6.45, 7) is 8.56. The van der Waals surface area contributed by atoms with Gasteiger partial charge in [-0.05, 0) is 13.1 Å². The molecule has 1 heterocycles. The minimum Gasteiger partial charge on any atom is -0.382 e. The molecule has 13 heavy (non-hydrogen) atoms. The van der Waals surface area contributed by atoms with Gasteiger partial charge in [-0.1, -0.05) is 13.8 Å². The summed E-state index contributed by atoms with van der Waals surface area (Å²) < 4.78 is 2.02. The zero-order valence-electron chi connectivity index (χ0n) is 8.40. The molecule has 0 radical (unpaired) electrons. The lowest BCUT2D eigenvalue weighted by Gasteiger charge is -2.17. The highest BCUT2D eigenvalue weighted by molar-refractivity contribution is 5.22. The molecule has 0 aliphatic heterocycles. The number of likely N-dealkylation sites (N-methyl/N-ethyl adjacent to an activating group) is 1. The number of hydrogen-bond acceptors (Lipinski definition) is 3. The average molecular weight is 182 g/mol. The highest BCUT2D eigenvalue weighted by atomic mass is 15.1. The molecule has 1 rings (SSSR count). The van der Waals surface area contributed by atoms with E-state index in [9.17, 15) is 0 Å². The Morgan fingerprint density at radius 1 is 1.46 bits per heavy atom. The second-order valence-electron chi connectivity index (χ2n) is 3.06. The van der Waals surface area contributed by atoms with E-state index >= 15 is 0 Å². The molecule has 0 saturated heterocycles. The SMILES string of the molecule is CCN(CC)CCn1cnc(N)c1. The molecule has 2 N–H and O–H groups in total. The van der Waals surface area contributed by atoms with E-state index in [1.807, 2.05) is 10.8 Å². The van der Waals surface area contributed by atoms with E-state index in [0.717, 1.165) is 26.2 Å². The fourth-order valence-electron chi connectivity index (χ4n) is 1.30. The van der Waals surface area contributed by atoms with E-state index in [-0.39, 0.29) is 0 Å². The Morgan fingerprint density at radius 3 is 2.62 bits per heavy atom. The van der Waals surface area contributed by atoms with Gasteiger partial charge in [0.1, 0.15) is 5.82 Å². The zero-order chi connectivity index (χ0) is 9.68. The van der Waals surface area contributed by atoms with Crippen LogP contribution in [0.4, 0.5) is 5.82 Å². The molecule has 0 bridgehead atoms. The van der Waals surface area contributed by atoms with Crippen molar-refractivity contribution in [3.05, 3.63) is 12.5 Å². The summed E-state index contributed by atoms with van der Waals surface area (Å²) in [5.74, 6) is 0.597. The third-order valence-corrected chi connectivity index (χ3v) is 2.22. The highest BCUT2D eigenvalue weighted by Crippen LogP contribution is 1.97. The molecule has 0 saturated carbocycles. The summed E-state index contributed by atoms with van der Waals surface area (Å²) in [6, 6.07) is 0. The van der Waals surface area contributed by atoms with Crippen molar-refractivity contribution in [3.8, 4) is 0 Å². The summed E-state index contributed by atoms with van der Waals surface area (Å²) in [5, 5.41) is 0. The van der Waals surface area contributed by atoms with Crippen LogP contribution < -0.4 is 5.73 Å². The van der Waals surface area contributed by atoms with Crippen LogP contribution in [0.3, 0.4) is 0 Å². The second-order valence-corrected chi connectivity index (χ2v) is 3.06. The van der Waals surface area contributed by atoms with Crippen LogP contribution in [0.25, 0.3) is 0 Å². The van der Waals surface area contributed by atoms with Crippen LogP contribution in [0.5, 0.6) is 0 Å². The molecule has 0 spiro atoms. The normalized spacial score (nSPS) is 11.0. The first-order chi connectivity index (χ1) is 6.26. The van der Waals surface area contributed by atoms with E-state index in [4.69, 9.17) is 5.73 Å². The van der Waals surface area contributed by atoms with Crippen molar-refractivity contribution in [2.75, 3.05) is 25.4 Å². The summed E-state index contributed by atoms with van der Waals surface area (Å²) >= 11 is 0. The first-order valence-corrected chi connectivity index (χ1v) is 4.75. The van der Waals surface area contributed by atoms with Crippen LogP contribution >= 0.6 is 0 Å². The Balaban J connectivity index is 2.33. The summed E-state index contributed by atoms with van der Waals surface area (Å²) in [4.78, 5) is 6.34. The van der Waals surface area contributed by atoms with Crippen LogP contribution in [-0.2, 0) is 6.54 Å². The van der Waals surface area contributed by atoms with Gasteiger partial charge in [0.2, 0.25) is 0 Å². The fourth-order valence-corrected chi connectivity index (χ4v) is 1.30. The Bertz CT molecular complexity index is 240. The lowest BCUT2D eigenvalue weighted by Crippen LogP contribution is -2.26. The molecule has 0 fully saturated rings. The number of hydrogen-bond donors (Lipinski definition) is 1. The van der Waals surface area contributed by atoms with Gasteiger partial charge in [-0.2, -0.15) is 0 Å². The second kappa shape index (κ2) is 4.87. The maximum Gasteiger partial charge on any atom is 0.141 e. The maximum atomic E-state index is 5.50. The number of imidazole rings is 1. The summed E-state index contributed by atoms with van der Waals surface area (Å²) in [6.07, 6.45) is 3.64. The summed E-state index contributed by atoms with van der Waals surface area (Å²) in [7, 11) is 0. The van der Waals surface area contributed by atoms with Gasteiger partial charge in [-0.15, -0.1) is 0 Å². The Labute approximate surface area is 79.4 Å². The van der Waals surface area contributed by atoms with Gasteiger partial charge >= 0.3 is 0 Å². The minimum atomic E-state index is 0.597. The van der Waals surface area contributed by atoms with Crippen molar-refractivity contribution < 1.29 is 0 Å². The number of nitrogens with zero attached hydrogens (tertiary/aromatic N) is 3. The van der Waals surface area contributed by atoms with E-state index in [2.05, 4.69) is 23.7 Å². The molecular formula is C9H18N4. The minimum absolute atomic E-state index is 0.597. The van der Waals surface area contributed by atoms with Crippen molar-refractivity contribution >= 4 is 5.82 Å². The van der Waals surface area contributed by atoms with Gasteiger partial charge in [0.25, 0.3) is 0 Å². The van der Waals surface area contributed by atoms with Crippen LogP contribution in [0.15, 0.2) is 12.5 Å². The number of nitrogen functional groups attached to an aromatic ring is 1. The number of nitrogens with two attached hydrogens (primary N) is 1. The molecule has 4 nitrogen and oxygen atoms in total. The monoisotopic (exact) mass is 182 g/mol. The molecular weight excluding hydrogens is 164 g/mol. The first kappa shape index (κ1) is 10.1. The highest BCUT2D eigenvalue weighted by Gasteiger charge is 1.99. The van der Waals surface area contributed by atoms with Gasteiger partial charge < -0.3 is 15.2 Å². The lowest BCUT2D eigenvalue weighted by molar-refractivity contribution is 0.290. The van der Waals surface area contributed by atoms with Crippen LogP contribution in [0.1, 0.15) is 13.8 Å². The summed E-state index contributed by atoms with van der Waals surface area (Å²) in [5.41, 5.74) is 5.50. The van der Waals surface area contributed by atoms with Crippen LogP contribution in [0.2, 0.25) is 0 Å². The van der Waals surface area contributed by atoms with Crippen LogP contribution in [-0.4, -0.2) is 34.1 Å². The average Bonchev–Trinajstić information content (AvgIpc) is 2.53. The molecule has 4 heteroatoms. The predicted molar refractivity (Wildman–Crippen MR) is 54.4 cm³/mol. The van der Waals surface area contributed by atoms with Gasteiger partial charge in [-0.3, -0.25) is 0 Å². The van der Waals surface area contributed by atoms with Crippen LogP contribution in [0, 0.1) is 0 Å².